The molecule has 1 aliphatic rings. The molecule has 1 fully saturated rings. The SMILES string of the molecule is COCC1(C(=O)O)CCCN(C(=O)CC(C)c2ccc(C(C)C)cc2)C1. The molecular formula is C21H31NO4. The number of nitrogens with zero attached hydrogens (tertiary/aromatic N) is 1. The molecule has 5 heteroatoms. The average Bonchev–Trinajstić information content (AvgIpc) is 2.62. The van der Waals surface area contributed by atoms with Crippen LogP contribution in [-0.2, 0) is 14.3 Å². The molecule has 1 aliphatic heterocycles. The van der Waals surface area contributed by atoms with Crippen molar-refractivity contribution in [2.45, 2.75) is 51.9 Å². The Hall–Kier alpha value is -1.88. The van der Waals surface area contributed by atoms with Crippen LogP contribution in [0.25, 0.3) is 0 Å². The number of likely N-dealkylation sites (tertiary alicyclic amines) is 1. The number of carbonyl (C=O) groups excluding carboxylic acids is 1. The molecule has 144 valence electrons. The fourth-order valence-corrected chi connectivity index (χ4v) is 3.69. The third kappa shape index (κ3) is 4.64. The molecular weight excluding hydrogens is 330 g/mol. The highest BCUT2D eigenvalue weighted by molar-refractivity contribution is 5.80. The number of methoxy groups -OCH3 is 1. The zero-order valence-electron chi connectivity index (χ0n) is 16.3. The number of ether oxygens (including phenoxy) is 1. The van der Waals surface area contributed by atoms with Crippen molar-refractivity contribution in [3.05, 3.63) is 35.4 Å². The number of piperidine rings is 1. The molecule has 1 aromatic rings. The topological polar surface area (TPSA) is 66.8 Å². The molecule has 1 N–H and O–H groups in total. The molecule has 1 amide bonds. The van der Waals surface area contributed by atoms with E-state index in [4.69, 9.17) is 4.74 Å². The predicted molar refractivity (Wildman–Crippen MR) is 101 cm³/mol. The first kappa shape index (κ1) is 20.4. The fraction of sp³-hybridized carbons (Fsp3) is 0.619. The molecule has 2 atom stereocenters. The van der Waals surface area contributed by atoms with Gasteiger partial charge in [-0.3, -0.25) is 9.59 Å². The summed E-state index contributed by atoms with van der Waals surface area (Å²) in [6.07, 6.45) is 1.63. The Bertz CT molecular complexity index is 621. The van der Waals surface area contributed by atoms with Crippen molar-refractivity contribution in [3.63, 3.8) is 0 Å². The van der Waals surface area contributed by atoms with Crippen LogP contribution in [0.3, 0.4) is 0 Å². The second-order valence-corrected chi connectivity index (χ2v) is 7.86. The lowest BCUT2D eigenvalue weighted by molar-refractivity contribution is -0.159. The van der Waals surface area contributed by atoms with Crippen LogP contribution in [-0.4, -0.2) is 48.7 Å². The van der Waals surface area contributed by atoms with Gasteiger partial charge in [0, 0.05) is 26.6 Å². The molecule has 1 heterocycles. The van der Waals surface area contributed by atoms with Gasteiger partial charge in [-0.15, -0.1) is 0 Å². The highest BCUT2D eigenvalue weighted by Crippen LogP contribution is 2.32. The van der Waals surface area contributed by atoms with E-state index >= 15 is 0 Å². The smallest absolute Gasteiger partial charge is 0.313 e. The molecule has 1 aromatic carbocycles. The summed E-state index contributed by atoms with van der Waals surface area (Å²) in [5.41, 5.74) is 1.44. The van der Waals surface area contributed by atoms with Crippen molar-refractivity contribution in [1.82, 2.24) is 4.90 Å². The Balaban J connectivity index is 2.02. The number of hydrogen-bond donors (Lipinski definition) is 1. The minimum Gasteiger partial charge on any atom is -0.481 e. The third-order valence-electron chi connectivity index (χ3n) is 5.46. The van der Waals surface area contributed by atoms with E-state index in [9.17, 15) is 14.7 Å². The summed E-state index contributed by atoms with van der Waals surface area (Å²) in [7, 11) is 1.51. The molecule has 0 radical (unpaired) electrons. The van der Waals surface area contributed by atoms with E-state index in [1.54, 1.807) is 4.90 Å². The Morgan fingerprint density at radius 2 is 1.81 bits per heavy atom. The van der Waals surface area contributed by atoms with E-state index in [0.717, 1.165) is 5.56 Å². The summed E-state index contributed by atoms with van der Waals surface area (Å²) >= 11 is 0. The Morgan fingerprint density at radius 1 is 1.19 bits per heavy atom. The van der Waals surface area contributed by atoms with Crippen LogP contribution in [0.15, 0.2) is 24.3 Å². The van der Waals surface area contributed by atoms with Crippen molar-refractivity contribution < 1.29 is 19.4 Å². The molecule has 5 nitrogen and oxygen atoms in total. The van der Waals surface area contributed by atoms with Gasteiger partial charge in [0.25, 0.3) is 0 Å². The van der Waals surface area contributed by atoms with Gasteiger partial charge in [-0.05, 0) is 35.8 Å². The first-order valence-electron chi connectivity index (χ1n) is 9.39. The standard InChI is InChI=1S/C21H31NO4/c1-15(2)17-6-8-18(9-7-17)16(3)12-19(23)22-11-5-10-21(13-22,14-26-4)20(24)25/h6-9,15-16H,5,10-14H2,1-4H3,(H,24,25). The van der Waals surface area contributed by atoms with E-state index in [0.29, 0.717) is 31.7 Å². The van der Waals surface area contributed by atoms with Gasteiger partial charge in [-0.25, -0.2) is 0 Å². The molecule has 2 rings (SSSR count). The first-order valence-corrected chi connectivity index (χ1v) is 9.39. The molecule has 2 unspecified atom stereocenters. The van der Waals surface area contributed by atoms with E-state index < -0.39 is 11.4 Å². The number of benzene rings is 1. The van der Waals surface area contributed by atoms with Gasteiger partial charge in [0.05, 0.1) is 6.61 Å². The summed E-state index contributed by atoms with van der Waals surface area (Å²) in [5.74, 6) is -0.271. The number of carboxylic acids is 1. The molecule has 26 heavy (non-hydrogen) atoms. The van der Waals surface area contributed by atoms with E-state index in [1.807, 2.05) is 6.92 Å². The van der Waals surface area contributed by atoms with E-state index in [-0.39, 0.29) is 25.0 Å². The van der Waals surface area contributed by atoms with Gasteiger partial charge in [0.1, 0.15) is 5.41 Å². The van der Waals surface area contributed by atoms with Crippen LogP contribution in [0.1, 0.15) is 63.0 Å². The van der Waals surface area contributed by atoms with E-state index in [1.165, 1.54) is 12.7 Å². The van der Waals surface area contributed by atoms with Crippen molar-refractivity contribution in [3.8, 4) is 0 Å². The minimum atomic E-state index is -0.981. The van der Waals surface area contributed by atoms with Crippen molar-refractivity contribution >= 4 is 11.9 Å². The van der Waals surface area contributed by atoms with E-state index in [2.05, 4.69) is 38.1 Å². The zero-order valence-corrected chi connectivity index (χ0v) is 16.3. The minimum absolute atomic E-state index is 0.0202. The van der Waals surface area contributed by atoms with Gasteiger partial charge in [0.2, 0.25) is 5.91 Å². The number of amides is 1. The maximum absolute atomic E-state index is 12.8. The first-order chi connectivity index (χ1) is 12.3. The maximum Gasteiger partial charge on any atom is 0.313 e. The Labute approximate surface area is 156 Å². The second kappa shape index (κ2) is 8.67. The maximum atomic E-state index is 12.8. The molecule has 1 saturated heterocycles. The molecule has 0 bridgehead atoms. The van der Waals surface area contributed by atoms with Gasteiger partial charge in [0.15, 0.2) is 0 Å². The molecule has 0 spiro atoms. The Kier molecular flexibility index (Phi) is 6.81. The summed E-state index contributed by atoms with van der Waals surface area (Å²) in [5, 5.41) is 9.63. The van der Waals surface area contributed by atoms with Crippen molar-refractivity contribution in [2.24, 2.45) is 5.41 Å². The number of hydrogen-bond acceptors (Lipinski definition) is 3. The average molecular weight is 361 g/mol. The van der Waals surface area contributed by atoms with Crippen LogP contribution in [0.5, 0.6) is 0 Å². The lowest BCUT2D eigenvalue weighted by atomic mass is 9.80. The highest BCUT2D eigenvalue weighted by Gasteiger charge is 2.43. The van der Waals surface area contributed by atoms with Crippen LogP contribution < -0.4 is 0 Å². The third-order valence-corrected chi connectivity index (χ3v) is 5.46. The summed E-state index contributed by atoms with van der Waals surface area (Å²) in [6, 6.07) is 8.43. The fourth-order valence-electron chi connectivity index (χ4n) is 3.69. The summed E-state index contributed by atoms with van der Waals surface area (Å²) in [4.78, 5) is 26.2. The second-order valence-electron chi connectivity index (χ2n) is 7.86. The summed E-state index contributed by atoms with van der Waals surface area (Å²) in [6.45, 7) is 7.36. The van der Waals surface area contributed by atoms with Gasteiger partial charge >= 0.3 is 5.97 Å². The monoisotopic (exact) mass is 361 g/mol. The molecule has 0 saturated carbocycles. The van der Waals surface area contributed by atoms with Crippen LogP contribution in [0, 0.1) is 5.41 Å². The van der Waals surface area contributed by atoms with Crippen molar-refractivity contribution in [2.75, 3.05) is 26.8 Å². The number of aliphatic carboxylic acids is 1. The lowest BCUT2D eigenvalue weighted by Gasteiger charge is -2.39. The van der Waals surface area contributed by atoms with Gasteiger partial charge in [-0.1, -0.05) is 45.0 Å². The Morgan fingerprint density at radius 3 is 2.35 bits per heavy atom. The molecule has 0 aromatic heterocycles. The molecule has 0 aliphatic carbocycles. The quantitative estimate of drug-likeness (QED) is 0.805. The largest absolute Gasteiger partial charge is 0.481 e. The number of rotatable bonds is 7. The highest BCUT2D eigenvalue weighted by atomic mass is 16.5. The normalized spacial score (nSPS) is 21.7. The zero-order chi connectivity index (χ0) is 19.3. The van der Waals surface area contributed by atoms with Crippen LogP contribution in [0.2, 0.25) is 0 Å². The van der Waals surface area contributed by atoms with Gasteiger partial charge < -0.3 is 14.7 Å². The number of carboxylic acid groups (broad SMARTS) is 1. The van der Waals surface area contributed by atoms with Gasteiger partial charge in [-0.2, -0.15) is 0 Å². The van der Waals surface area contributed by atoms with Crippen molar-refractivity contribution in [1.29, 1.82) is 0 Å². The lowest BCUT2D eigenvalue weighted by Crippen LogP contribution is -2.52. The predicted octanol–water partition coefficient (Wildman–Crippen LogP) is 3.64. The number of carbonyl (C=O) groups is 2. The van der Waals surface area contributed by atoms with Crippen LogP contribution >= 0.6 is 0 Å². The summed E-state index contributed by atoms with van der Waals surface area (Å²) < 4.78 is 5.14. The van der Waals surface area contributed by atoms with Crippen LogP contribution in [0.4, 0.5) is 0 Å².